The highest BCUT2D eigenvalue weighted by Gasteiger charge is 2.14. The zero-order valence-electron chi connectivity index (χ0n) is 13.5. The molecule has 0 unspecified atom stereocenters. The van der Waals surface area contributed by atoms with Gasteiger partial charge >= 0.3 is 0 Å². The van der Waals surface area contributed by atoms with Crippen molar-refractivity contribution in [3.8, 4) is 22.1 Å². The van der Waals surface area contributed by atoms with Gasteiger partial charge < -0.3 is 19.8 Å². The van der Waals surface area contributed by atoms with Gasteiger partial charge in [0.25, 0.3) is 5.91 Å². The van der Waals surface area contributed by atoms with Gasteiger partial charge in [0.15, 0.2) is 11.5 Å². The van der Waals surface area contributed by atoms with E-state index in [2.05, 4.69) is 15.3 Å². The third kappa shape index (κ3) is 3.53. The molecule has 2 heterocycles. The van der Waals surface area contributed by atoms with E-state index in [0.29, 0.717) is 16.5 Å². The fourth-order valence-electron chi connectivity index (χ4n) is 2.18. The summed E-state index contributed by atoms with van der Waals surface area (Å²) in [5.74, 6) is 0.751. The monoisotopic (exact) mass is 357 g/mol. The summed E-state index contributed by atoms with van der Waals surface area (Å²) >= 11 is 1.32. The summed E-state index contributed by atoms with van der Waals surface area (Å²) in [7, 11) is 3.12. The summed E-state index contributed by atoms with van der Waals surface area (Å²) in [5, 5.41) is 4.85. The molecule has 8 heteroatoms. The van der Waals surface area contributed by atoms with Crippen LogP contribution in [-0.2, 0) is 0 Å². The van der Waals surface area contributed by atoms with Crippen molar-refractivity contribution in [2.75, 3.05) is 19.5 Å². The lowest BCUT2D eigenvalue weighted by molar-refractivity contribution is 0.102. The smallest absolute Gasteiger partial charge is 0.275 e. The average molecular weight is 357 g/mol. The van der Waals surface area contributed by atoms with Crippen LogP contribution in [0.1, 0.15) is 10.5 Å². The molecule has 0 aliphatic rings. The minimum Gasteiger partial charge on any atom is -0.493 e. The van der Waals surface area contributed by atoms with Gasteiger partial charge in [-0.15, -0.1) is 11.3 Å². The van der Waals surface area contributed by atoms with E-state index in [9.17, 15) is 9.59 Å². The van der Waals surface area contributed by atoms with Gasteiger partial charge in [0, 0.05) is 29.4 Å². The van der Waals surface area contributed by atoms with Crippen LogP contribution in [0.25, 0.3) is 10.6 Å². The molecule has 2 aromatic heterocycles. The molecule has 25 heavy (non-hydrogen) atoms. The summed E-state index contributed by atoms with van der Waals surface area (Å²) in [4.78, 5) is 31.0. The Hall–Kier alpha value is -3.13. The quantitative estimate of drug-likeness (QED) is 0.732. The normalized spacial score (nSPS) is 10.3. The van der Waals surface area contributed by atoms with Crippen LogP contribution >= 0.6 is 11.3 Å². The Morgan fingerprint density at radius 2 is 2.00 bits per heavy atom. The first-order chi connectivity index (χ1) is 12.1. The molecule has 0 bridgehead atoms. The number of nitrogens with zero attached hydrogens (tertiary/aromatic N) is 1. The number of benzene rings is 1. The fourth-order valence-corrected chi connectivity index (χ4v) is 2.98. The van der Waals surface area contributed by atoms with Crippen molar-refractivity contribution in [1.82, 2.24) is 9.97 Å². The molecule has 0 fully saturated rings. The number of hydrogen-bond donors (Lipinski definition) is 2. The summed E-state index contributed by atoms with van der Waals surface area (Å²) in [6.45, 7) is 0. The van der Waals surface area contributed by atoms with E-state index in [4.69, 9.17) is 9.47 Å². The van der Waals surface area contributed by atoms with Gasteiger partial charge in [-0.25, -0.2) is 4.98 Å². The number of ether oxygens (including phenoxy) is 2. The number of methoxy groups -OCH3 is 2. The number of aromatic amines is 1. The number of aromatic nitrogens is 2. The number of nitrogens with one attached hydrogen (secondary N) is 2. The highest BCUT2D eigenvalue weighted by atomic mass is 32.1. The van der Waals surface area contributed by atoms with Crippen molar-refractivity contribution in [2.24, 2.45) is 0 Å². The molecule has 1 aromatic carbocycles. The molecule has 0 radical (unpaired) electrons. The molecule has 2 N–H and O–H groups in total. The second kappa shape index (κ2) is 7.18. The van der Waals surface area contributed by atoms with Crippen molar-refractivity contribution in [3.05, 3.63) is 58.0 Å². The molecule has 3 rings (SSSR count). The third-order valence-corrected chi connectivity index (χ3v) is 4.33. The Labute approximate surface area is 147 Å². The lowest BCUT2D eigenvalue weighted by Gasteiger charge is -2.08. The highest BCUT2D eigenvalue weighted by molar-refractivity contribution is 7.13. The number of amides is 1. The largest absolute Gasteiger partial charge is 0.493 e. The number of carbonyl (C=O) groups excluding carboxylic acids is 1. The zero-order chi connectivity index (χ0) is 17.8. The first kappa shape index (κ1) is 16.7. The van der Waals surface area contributed by atoms with E-state index in [0.717, 1.165) is 5.56 Å². The van der Waals surface area contributed by atoms with Crippen LogP contribution < -0.4 is 20.2 Å². The molecule has 1 amide bonds. The Balaban J connectivity index is 1.84. The topological polar surface area (TPSA) is 93.3 Å². The summed E-state index contributed by atoms with van der Waals surface area (Å²) in [6.07, 6.45) is 2.93. The first-order valence-electron chi connectivity index (χ1n) is 7.28. The lowest BCUT2D eigenvalue weighted by Crippen LogP contribution is -2.18. The van der Waals surface area contributed by atoms with Crippen molar-refractivity contribution in [1.29, 1.82) is 0 Å². The second-order valence-electron chi connectivity index (χ2n) is 4.98. The predicted octanol–water partition coefficient (Wildman–Crippen LogP) is 2.77. The van der Waals surface area contributed by atoms with Gasteiger partial charge in [0.2, 0.25) is 5.43 Å². The molecule has 0 saturated heterocycles. The molecular weight excluding hydrogens is 342 g/mol. The Bertz CT molecular complexity index is 964. The standard InChI is InChI=1S/C17H15N3O4S/c1-23-14-4-3-10(7-15(14)24-2)17-20-12(9-25-17)16(22)19-11-8-18-6-5-13(11)21/h3-9H,1-2H3,(H,18,21)(H,19,22). The number of anilines is 1. The van der Waals surface area contributed by atoms with E-state index >= 15 is 0 Å². The number of pyridine rings is 1. The van der Waals surface area contributed by atoms with Gasteiger partial charge in [0.1, 0.15) is 16.4 Å². The van der Waals surface area contributed by atoms with Crippen LogP contribution in [0, 0.1) is 0 Å². The van der Waals surface area contributed by atoms with Crippen LogP contribution in [0.3, 0.4) is 0 Å². The Morgan fingerprint density at radius 3 is 2.72 bits per heavy atom. The molecule has 0 atom stereocenters. The van der Waals surface area contributed by atoms with Crippen LogP contribution in [0.5, 0.6) is 11.5 Å². The minimum absolute atomic E-state index is 0.174. The maximum Gasteiger partial charge on any atom is 0.275 e. The highest BCUT2D eigenvalue weighted by Crippen LogP contribution is 2.33. The van der Waals surface area contributed by atoms with Gasteiger partial charge in [-0.1, -0.05) is 0 Å². The summed E-state index contributed by atoms with van der Waals surface area (Å²) in [6, 6.07) is 6.75. The fraction of sp³-hybridized carbons (Fsp3) is 0.118. The number of carbonyl (C=O) groups is 1. The SMILES string of the molecule is COc1ccc(-c2nc(C(=O)Nc3c[nH]ccc3=O)cs2)cc1OC. The maximum absolute atomic E-state index is 12.3. The van der Waals surface area contributed by atoms with Crippen molar-refractivity contribution < 1.29 is 14.3 Å². The van der Waals surface area contributed by atoms with E-state index in [1.165, 1.54) is 29.8 Å². The molecule has 128 valence electrons. The van der Waals surface area contributed by atoms with Crippen LogP contribution in [0.15, 0.2) is 46.8 Å². The number of hydrogen-bond acceptors (Lipinski definition) is 6. The average Bonchev–Trinajstić information content (AvgIpc) is 3.13. The van der Waals surface area contributed by atoms with Gasteiger partial charge in [-0.2, -0.15) is 0 Å². The van der Waals surface area contributed by atoms with Gasteiger partial charge in [-0.05, 0) is 18.2 Å². The number of H-pyrrole nitrogens is 1. The summed E-state index contributed by atoms with van der Waals surface area (Å²) in [5.41, 5.74) is 0.938. The molecule has 0 spiro atoms. The molecule has 7 nitrogen and oxygen atoms in total. The van der Waals surface area contributed by atoms with E-state index in [1.807, 2.05) is 6.07 Å². The van der Waals surface area contributed by atoms with Crippen molar-refractivity contribution >= 4 is 22.9 Å². The molecule has 0 saturated carbocycles. The van der Waals surface area contributed by atoms with Gasteiger partial charge in [-0.3, -0.25) is 9.59 Å². The second-order valence-corrected chi connectivity index (χ2v) is 5.84. The summed E-state index contributed by atoms with van der Waals surface area (Å²) < 4.78 is 10.5. The third-order valence-electron chi connectivity index (χ3n) is 3.44. The minimum atomic E-state index is -0.445. The maximum atomic E-state index is 12.3. The number of thiazole rings is 1. The van der Waals surface area contributed by atoms with E-state index in [1.54, 1.807) is 31.7 Å². The molecular formula is C17H15N3O4S. The van der Waals surface area contributed by atoms with Crippen molar-refractivity contribution in [3.63, 3.8) is 0 Å². The molecule has 3 aromatic rings. The van der Waals surface area contributed by atoms with Gasteiger partial charge in [0.05, 0.1) is 14.2 Å². The van der Waals surface area contributed by atoms with Crippen molar-refractivity contribution in [2.45, 2.75) is 0 Å². The Morgan fingerprint density at radius 1 is 1.20 bits per heavy atom. The first-order valence-corrected chi connectivity index (χ1v) is 8.16. The molecule has 0 aliphatic heterocycles. The Kier molecular flexibility index (Phi) is 4.80. The number of rotatable bonds is 5. The van der Waals surface area contributed by atoms with E-state index < -0.39 is 5.91 Å². The molecule has 0 aliphatic carbocycles. The zero-order valence-corrected chi connectivity index (χ0v) is 14.3. The van der Waals surface area contributed by atoms with Crippen LogP contribution in [-0.4, -0.2) is 30.1 Å². The van der Waals surface area contributed by atoms with E-state index in [-0.39, 0.29) is 16.8 Å². The lowest BCUT2D eigenvalue weighted by atomic mass is 10.2. The van der Waals surface area contributed by atoms with Crippen LogP contribution in [0.4, 0.5) is 5.69 Å². The predicted molar refractivity (Wildman–Crippen MR) is 95.7 cm³/mol. The van der Waals surface area contributed by atoms with Crippen LogP contribution in [0.2, 0.25) is 0 Å².